The van der Waals surface area contributed by atoms with E-state index in [4.69, 9.17) is 25.5 Å². The number of ether oxygens (including phenoxy) is 2. The number of esters is 2. The zero-order valence-corrected chi connectivity index (χ0v) is 16.3. The van der Waals surface area contributed by atoms with Gasteiger partial charge in [-0.25, -0.2) is 23.4 Å². The summed E-state index contributed by atoms with van der Waals surface area (Å²) in [6.07, 6.45) is 1.16. The van der Waals surface area contributed by atoms with Crippen molar-refractivity contribution in [3.8, 4) is 11.5 Å². The number of carbonyl (C=O) groups excluding carboxylic acids is 2. The molecule has 1 aromatic heterocycles. The summed E-state index contributed by atoms with van der Waals surface area (Å²) in [7, 11) is 0. The molecular formula is C20H13ClF2N2O5. The molecule has 0 bridgehead atoms. The van der Waals surface area contributed by atoms with Gasteiger partial charge in [-0.15, -0.1) is 0 Å². The van der Waals surface area contributed by atoms with Gasteiger partial charge in [0.25, 0.3) is 5.79 Å². The summed E-state index contributed by atoms with van der Waals surface area (Å²) in [6.45, 7) is 2.89. The number of cyclic esters (lactones) is 2. The summed E-state index contributed by atoms with van der Waals surface area (Å²) in [5, 5.41) is 2.74. The smallest absolute Gasteiger partial charge is 0.350 e. The zero-order valence-electron chi connectivity index (χ0n) is 15.6. The summed E-state index contributed by atoms with van der Waals surface area (Å²) in [5.74, 6) is -5.13. The molecule has 1 saturated heterocycles. The lowest BCUT2D eigenvalue weighted by atomic mass is 10.2. The van der Waals surface area contributed by atoms with Crippen LogP contribution >= 0.6 is 11.6 Å². The van der Waals surface area contributed by atoms with E-state index < -0.39 is 29.4 Å². The van der Waals surface area contributed by atoms with Crippen LogP contribution < -0.4 is 5.32 Å². The van der Waals surface area contributed by atoms with Gasteiger partial charge in [-0.2, -0.15) is 0 Å². The molecule has 1 N–H and O–H groups in total. The highest BCUT2D eigenvalue weighted by Crippen LogP contribution is 2.32. The van der Waals surface area contributed by atoms with Gasteiger partial charge in [-0.05, 0) is 30.3 Å². The first-order chi connectivity index (χ1) is 14.1. The number of rotatable bonds is 3. The predicted octanol–water partition coefficient (Wildman–Crippen LogP) is 4.56. The molecule has 0 amide bonds. The summed E-state index contributed by atoms with van der Waals surface area (Å²) in [5.41, 5.74) is 1.01. The van der Waals surface area contributed by atoms with E-state index in [9.17, 15) is 18.4 Å². The Hall–Kier alpha value is -3.46. The molecule has 0 radical (unpaired) electrons. The Morgan fingerprint density at radius 2 is 1.73 bits per heavy atom. The Morgan fingerprint density at radius 3 is 2.43 bits per heavy atom. The lowest BCUT2D eigenvalue weighted by Crippen LogP contribution is -2.42. The quantitative estimate of drug-likeness (QED) is 0.280. The summed E-state index contributed by atoms with van der Waals surface area (Å²) >= 11 is 5.96. The van der Waals surface area contributed by atoms with Crippen molar-refractivity contribution < 1.29 is 32.3 Å². The van der Waals surface area contributed by atoms with Crippen molar-refractivity contribution in [3.63, 3.8) is 0 Å². The number of anilines is 1. The fourth-order valence-corrected chi connectivity index (χ4v) is 2.98. The van der Waals surface area contributed by atoms with Crippen LogP contribution in [0.2, 0.25) is 5.02 Å². The van der Waals surface area contributed by atoms with Gasteiger partial charge in [0.2, 0.25) is 5.89 Å². The predicted molar refractivity (Wildman–Crippen MR) is 102 cm³/mol. The molecular weight excluding hydrogens is 422 g/mol. The van der Waals surface area contributed by atoms with Gasteiger partial charge >= 0.3 is 11.9 Å². The second-order valence-corrected chi connectivity index (χ2v) is 7.24. The van der Waals surface area contributed by atoms with Crippen LogP contribution in [0.1, 0.15) is 13.8 Å². The van der Waals surface area contributed by atoms with Crippen LogP contribution in [0.3, 0.4) is 0 Å². The minimum absolute atomic E-state index is 0.00562. The first-order valence-electron chi connectivity index (χ1n) is 8.62. The Balaban J connectivity index is 1.61. The highest BCUT2D eigenvalue weighted by atomic mass is 35.5. The molecule has 0 spiro atoms. The van der Waals surface area contributed by atoms with Crippen molar-refractivity contribution in [1.82, 2.24) is 4.98 Å². The van der Waals surface area contributed by atoms with Crippen molar-refractivity contribution in [2.45, 2.75) is 19.6 Å². The number of halogens is 3. The van der Waals surface area contributed by atoms with E-state index in [1.807, 2.05) is 0 Å². The lowest BCUT2D eigenvalue weighted by molar-refractivity contribution is -0.222. The number of oxazole rings is 1. The van der Waals surface area contributed by atoms with E-state index in [0.717, 1.165) is 18.3 Å². The highest BCUT2D eigenvalue weighted by Gasteiger charge is 2.38. The molecule has 0 unspecified atom stereocenters. The second-order valence-electron chi connectivity index (χ2n) is 6.83. The summed E-state index contributed by atoms with van der Waals surface area (Å²) in [4.78, 5) is 28.2. The average molecular weight is 435 g/mol. The van der Waals surface area contributed by atoms with Gasteiger partial charge in [-0.3, -0.25) is 0 Å². The van der Waals surface area contributed by atoms with Crippen LogP contribution in [0.5, 0.6) is 0 Å². The van der Waals surface area contributed by atoms with Crippen LogP contribution in [0.15, 0.2) is 46.5 Å². The SMILES string of the molecule is CC1(C)OC(=O)C(=CNc2ccc3oc(-c4cc(F)c(F)cc4Cl)nc3c2)C(=O)O1. The molecule has 154 valence electrons. The molecule has 1 fully saturated rings. The molecule has 3 aromatic rings. The van der Waals surface area contributed by atoms with Crippen molar-refractivity contribution in [2.75, 3.05) is 5.32 Å². The highest BCUT2D eigenvalue weighted by molar-refractivity contribution is 6.33. The molecule has 0 atom stereocenters. The van der Waals surface area contributed by atoms with E-state index in [0.29, 0.717) is 16.8 Å². The molecule has 4 rings (SSSR count). The van der Waals surface area contributed by atoms with E-state index in [1.165, 1.54) is 13.8 Å². The number of benzene rings is 2. The monoisotopic (exact) mass is 434 g/mol. The third kappa shape index (κ3) is 3.71. The Labute approximate surface area is 173 Å². The molecule has 10 heteroatoms. The molecule has 0 aliphatic carbocycles. The topological polar surface area (TPSA) is 90.7 Å². The van der Waals surface area contributed by atoms with Crippen molar-refractivity contribution in [2.24, 2.45) is 0 Å². The standard InChI is InChI=1S/C20H13ClF2N2O5/c1-20(2)29-18(26)11(19(27)30-20)8-24-9-3-4-16-15(5-9)25-17(28-16)10-6-13(22)14(23)7-12(10)21/h3-8,24H,1-2H3. The number of nitrogens with zero attached hydrogens (tertiary/aromatic N) is 1. The minimum Gasteiger partial charge on any atom is -0.436 e. The van der Waals surface area contributed by atoms with Gasteiger partial charge in [0.05, 0.1) is 10.6 Å². The fourth-order valence-electron chi connectivity index (χ4n) is 2.75. The molecule has 1 aliphatic heterocycles. The number of fused-ring (bicyclic) bond motifs is 1. The maximum absolute atomic E-state index is 13.6. The van der Waals surface area contributed by atoms with Crippen LogP contribution in [0.25, 0.3) is 22.6 Å². The third-order valence-electron chi connectivity index (χ3n) is 4.13. The minimum atomic E-state index is -1.33. The second kappa shape index (κ2) is 7.10. The Bertz CT molecular complexity index is 1210. The van der Waals surface area contributed by atoms with Crippen LogP contribution in [0.4, 0.5) is 14.5 Å². The van der Waals surface area contributed by atoms with Crippen LogP contribution in [-0.4, -0.2) is 22.7 Å². The average Bonchev–Trinajstić information content (AvgIpc) is 3.06. The van der Waals surface area contributed by atoms with E-state index in [2.05, 4.69) is 10.3 Å². The molecule has 0 saturated carbocycles. The fraction of sp³-hybridized carbons (Fsp3) is 0.150. The van der Waals surface area contributed by atoms with Crippen molar-refractivity contribution in [1.29, 1.82) is 0 Å². The molecule has 2 heterocycles. The first kappa shape index (κ1) is 19.8. The van der Waals surface area contributed by atoms with Gasteiger partial charge < -0.3 is 19.2 Å². The molecule has 7 nitrogen and oxygen atoms in total. The first-order valence-corrected chi connectivity index (χ1v) is 9.00. The number of aromatic nitrogens is 1. The van der Waals surface area contributed by atoms with E-state index >= 15 is 0 Å². The van der Waals surface area contributed by atoms with E-state index in [1.54, 1.807) is 18.2 Å². The van der Waals surface area contributed by atoms with Gasteiger partial charge in [-0.1, -0.05) is 11.6 Å². The molecule has 2 aromatic carbocycles. The number of carbonyl (C=O) groups is 2. The number of hydrogen-bond donors (Lipinski definition) is 1. The summed E-state index contributed by atoms with van der Waals surface area (Å²) in [6, 6.07) is 6.47. The molecule has 1 aliphatic rings. The molecule has 30 heavy (non-hydrogen) atoms. The third-order valence-corrected chi connectivity index (χ3v) is 4.44. The maximum Gasteiger partial charge on any atom is 0.350 e. The van der Waals surface area contributed by atoms with Gasteiger partial charge in [0.1, 0.15) is 5.52 Å². The number of hydrogen-bond acceptors (Lipinski definition) is 7. The van der Waals surface area contributed by atoms with Gasteiger partial charge in [0, 0.05) is 25.7 Å². The number of nitrogens with one attached hydrogen (secondary N) is 1. The van der Waals surface area contributed by atoms with E-state index in [-0.39, 0.29) is 22.0 Å². The van der Waals surface area contributed by atoms with Crippen LogP contribution in [-0.2, 0) is 19.1 Å². The summed E-state index contributed by atoms with van der Waals surface area (Å²) < 4.78 is 42.4. The Kier molecular flexibility index (Phi) is 4.70. The lowest BCUT2D eigenvalue weighted by Gasteiger charge is -2.29. The largest absolute Gasteiger partial charge is 0.436 e. The van der Waals surface area contributed by atoms with Crippen LogP contribution in [0, 0.1) is 11.6 Å². The van der Waals surface area contributed by atoms with Gasteiger partial charge in [0.15, 0.2) is 22.8 Å². The Morgan fingerprint density at radius 1 is 1.07 bits per heavy atom. The van der Waals surface area contributed by atoms with Crippen molar-refractivity contribution >= 4 is 40.3 Å². The van der Waals surface area contributed by atoms with Crippen molar-refractivity contribution in [3.05, 3.63) is 58.8 Å². The zero-order chi connectivity index (χ0) is 21.6. The maximum atomic E-state index is 13.6. The normalized spacial score (nSPS) is 15.7.